The van der Waals surface area contributed by atoms with E-state index in [1.54, 1.807) is 0 Å². The van der Waals surface area contributed by atoms with Crippen LogP contribution in [0.25, 0.3) is 87.7 Å². The summed E-state index contributed by atoms with van der Waals surface area (Å²) < 4.78 is 14.0. The average molecular weight is 771 g/mol. The van der Waals surface area contributed by atoms with Crippen molar-refractivity contribution in [2.45, 2.75) is 0 Å². The highest BCUT2D eigenvalue weighted by Crippen LogP contribution is 2.40. The Morgan fingerprint density at radius 1 is 0.145 bits per heavy atom. The first-order valence-corrected chi connectivity index (χ1v) is 22.8. The summed E-state index contributed by atoms with van der Waals surface area (Å²) in [7, 11) is 51.1. The Morgan fingerprint density at radius 2 is 0.323 bits per heavy atom. The zero-order valence-electron chi connectivity index (χ0n) is 41.8. The van der Waals surface area contributed by atoms with Gasteiger partial charge in [0, 0.05) is 21.5 Å². The maximum absolute atomic E-state index is 7.01. The van der Waals surface area contributed by atoms with Crippen molar-refractivity contribution >= 4 is 358 Å². The summed E-state index contributed by atoms with van der Waals surface area (Å²) in [5.74, 6) is 0. The number of hydrogen-bond donors (Lipinski definition) is 0. The topological polar surface area (TPSA) is 26.3 Å². The van der Waals surface area contributed by atoms with E-state index in [9.17, 15) is 0 Å². The van der Waals surface area contributed by atoms with Gasteiger partial charge in [-0.2, -0.15) is 0 Å². The minimum Gasteiger partial charge on any atom is -0.457 e. The molecule has 0 saturated carbocycles. The first kappa shape index (κ1) is 43.3. The molecule has 2 nitrogen and oxygen atoms in total. The summed E-state index contributed by atoms with van der Waals surface area (Å²) in [6.45, 7) is 0. The molecule has 274 valence electrons. The number of rotatable bonds is 2. The van der Waals surface area contributed by atoms with Gasteiger partial charge in [-0.05, 0) is 43.8 Å². The Kier molecular flexibility index (Phi) is 9.99. The van der Waals surface area contributed by atoms with Crippen LogP contribution in [0.1, 0.15) is 0 Å². The van der Waals surface area contributed by atoms with Crippen LogP contribution < -0.4 is 120 Å². The molecular formula is C38H44B22O2. The summed E-state index contributed by atoms with van der Waals surface area (Å²) in [5, 5.41) is 10.6. The van der Waals surface area contributed by atoms with Crippen molar-refractivity contribution in [1.29, 1.82) is 0 Å². The Labute approximate surface area is 387 Å². The van der Waals surface area contributed by atoms with Crippen molar-refractivity contribution in [2.75, 3.05) is 0 Å². The molecule has 0 bridgehead atoms. The lowest BCUT2D eigenvalue weighted by Crippen LogP contribution is -2.50. The Hall–Kier alpha value is -3.91. The van der Waals surface area contributed by atoms with E-state index in [2.05, 4.69) is 173 Å². The molecule has 9 rings (SSSR count). The second-order valence-corrected chi connectivity index (χ2v) is 19.8. The van der Waals surface area contributed by atoms with Crippen LogP contribution in [0.4, 0.5) is 0 Å². The van der Waals surface area contributed by atoms with Crippen molar-refractivity contribution in [1.82, 2.24) is 0 Å². The van der Waals surface area contributed by atoms with E-state index >= 15 is 0 Å². The van der Waals surface area contributed by atoms with Crippen LogP contribution >= 0.6 is 0 Å². The van der Waals surface area contributed by atoms with Crippen LogP contribution in [0.2, 0.25) is 0 Å². The van der Waals surface area contributed by atoms with Crippen LogP contribution in [-0.4, -0.2) is 173 Å². The first-order valence-electron chi connectivity index (χ1n) is 22.8. The maximum atomic E-state index is 7.01. The Bertz CT molecular complexity index is 3340. The van der Waals surface area contributed by atoms with Gasteiger partial charge in [0.15, 0.2) is 0 Å². The first-order chi connectivity index (χ1) is 29.0. The molecule has 0 amide bonds. The third-order valence-corrected chi connectivity index (χ3v) is 17.6. The van der Waals surface area contributed by atoms with Gasteiger partial charge in [0.2, 0.25) is 0 Å². The molecule has 0 saturated heterocycles. The van der Waals surface area contributed by atoms with Gasteiger partial charge in [-0.1, -0.05) is 87.4 Å². The van der Waals surface area contributed by atoms with Gasteiger partial charge in [-0.3, -0.25) is 0 Å². The molecule has 62 heavy (non-hydrogen) atoms. The van der Waals surface area contributed by atoms with Crippen molar-refractivity contribution in [3.8, 4) is 22.3 Å². The van der Waals surface area contributed by atoms with Crippen LogP contribution in [0.5, 0.6) is 0 Å². The molecule has 7 aromatic carbocycles. The molecule has 9 aromatic rings. The molecule has 0 unspecified atom stereocenters. The summed E-state index contributed by atoms with van der Waals surface area (Å²) >= 11 is 0. The van der Waals surface area contributed by atoms with Gasteiger partial charge in [0.1, 0.15) is 195 Å². The fourth-order valence-corrected chi connectivity index (χ4v) is 12.1. The van der Waals surface area contributed by atoms with E-state index in [1.807, 2.05) is 0 Å². The van der Waals surface area contributed by atoms with Gasteiger partial charge in [-0.25, -0.2) is 0 Å². The van der Waals surface area contributed by atoms with E-state index in [0.717, 1.165) is 22.3 Å². The molecule has 0 aliphatic rings. The molecular weight excluding hydrogens is 726 g/mol. The highest BCUT2D eigenvalue weighted by atomic mass is 16.3. The van der Waals surface area contributed by atoms with Crippen molar-refractivity contribution in [3.05, 3.63) is 0 Å². The zero-order valence-corrected chi connectivity index (χ0v) is 41.8. The largest absolute Gasteiger partial charge is 0.457 e. The van der Waals surface area contributed by atoms with Gasteiger partial charge in [0.05, 0.1) is 0 Å². The fourth-order valence-electron chi connectivity index (χ4n) is 12.1. The van der Waals surface area contributed by atoms with E-state index in [4.69, 9.17) is 8.83 Å². The van der Waals surface area contributed by atoms with Crippen LogP contribution in [0.3, 0.4) is 0 Å². The van der Waals surface area contributed by atoms with Gasteiger partial charge in [-0.15, -0.1) is 32.8 Å². The summed E-state index contributed by atoms with van der Waals surface area (Å²) in [6, 6.07) is 0. The number of hydrogen-bond acceptors (Lipinski definition) is 2. The van der Waals surface area contributed by atoms with Crippen LogP contribution in [0, 0.1) is 0 Å². The van der Waals surface area contributed by atoms with Crippen molar-refractivity contribution in [3.63, 3.8) is 0 Å². The van der Waals surface area contributed by atoms with Gasteiger partial charge >= 0.3 is 0 Å². The Morgan fingerprint density at radius 3 is 0.565 bits per heavy atom. The zero-order chi connectivity index (χ0) is 45.4. The molecule has 0 aliphatic heterocycles. The van der Waals surface area contributed by atoms with Gasteiger partial charge in [0.25, 0.3) is 0 Å². The third kappa shape index (κ3) is 5.25. The molecule has 0 aliphatic carbocycles. The second kappa shape index (κ2) is 14.3. The normalized spacial score (nSPS) is 12.0. The smallest absolute Gasteiger partial charge is 0.143 e. The molecule has 0 N–H and O–H groups in total. The van der Waals surface area contributed by atoms with Crippen molar-refractivity contribution < 1.29 is 8.83 Å². The average Bonchev–Trinajstić information content (AvgIpc) is 3.86. The number of benzene rings is 7. The lowest BCUT2D eigenvalue weighted by Gasteiger charge is -2.31. The van der Waals surface area contributed by atoms with Gasteiger partial charge < -0.3 is 8.83 Å². The molecule has 24 heteroatoms. The van der Waals surface area contributed by atoms with Crippen molar-refractivity contribution in [2.24, 2.45) is 0 Å². The number of furan rings is 2. The minimum absolute atomic E-state index is 1.03. The lowest BCUT2D eigenvalue weighted by molar-refractivity contribution is 0.674. The quantitative estimate of drug-likeness (QED) is 0.129. The predicted molar refractivity (Wildman–Crippen MR) is 347 cm³/mol. The van der Waals surface area contributed by atoms with E-state index < -0.39 is 0 Å². The summed E-state index contributed by atoms with van der Waals surface area (Å²) in [4.78, 5) is 0. The van der Waals surface area contributed by atoms with E-state index in [0.29, 0.717) is 0 Å². The van der Waals surface area contributed by atoms with E-state index in [1.165, 1.54) is 186 Å². The standard InChI is InChI=1S/C38H44B22O2/c39-13-7(19(45)31(57)35-9(13)11-21(47)27(53)29(55)33(59)37(11)61-35)1-3-5(17(43)25(51)23(49)15(3)41)2(6-4(1)16(42)24(50)26(52)18(6)44)8-14(40)10-12-22(48)28(54)30(56)34(60)38(12)62-36(10)32(58)20(8)46/h39-60H2. The minimum atomic E-state index is 1.03. The number of fused-ring (bicyclic) bond motifs is 8. The van der Waals surface area contributed by atoms with E-state index in [-0.39, 0.29) is 0 Å². The summed E-state index contributed by atoms with van der Waals surface area (Å²) in [6.07, 6.45) is 0. The molecule has 0 spiro atoms. The molecule has 2 heterocycles. The SMILES string of the molecule is Bc1c(B)c(B)c2c(oc3c(B)c(B)c(-c4c5c(B)c(B)c(B)c(B)c5c(-c5c(B)c(B)c6oc7c(B)c(B)c(B)c(B)c7c6c5B)c5c(B)c(B)c(B)c(B)c45)c(B)c32)c1B. The highest BCUT2D eigenvalue weighted by Gasteiger charge is 2.31. The summed E-state index contributed by atoms with van der Waals surface area (Å²) in [5.41, 5.74) is 38.6. The monoisotopic (exact) mass is 775 g/mol. The highest BCUT2D eigenvalue weighted by molar-refractivity contribution is 6.75. The molecule has 2 aromatic heterocycles. The lowest BCUT2D eigenvalue weighted by atomic mass is 9.57. The maximum Gasteiger partial charge on any atom is 0.143 e. The van der Waals surface area contributed by atoms with Crippen LogP contribution in [0.15, 0.2) is 8.83 Å². The fraction of sp³-hybridized carbons (Fsp3) is 0. The molecule has 0 radical (unpaired) electrons. The second-order valence-electron chi connectivity index (χ2n) is 19.8. The third-order valence-electron chi connectivity index (χ3n) is 17.6. The molecule has 0 atom stereocenters. The Balaban J connectivity index is 1.63. The predicted octanol–water partition coefficient (Wildman–Crippen LogP) is -27.2. The van der Waals surface area contributed by atoms with Crippen LogP contribution in [-0.2, 0) is 0 Å². The molecule has 0 fully saturated rings.